The molecule has 0 aliphatic heterocycles. The quantitative estimate of drug-likeness (QED) is 0.313. The van der Waals surface area contributed by atoms with Gasteiger partial charge in [0.05, 0.1) is 16.9 Å². The second-order valence-corrected chi connectivity index (χ2v) is 8.23. The topological polar surface area (TPSA) is 121 Å². The van der Waals surface area contributed by atoms with E-state index in [1.54, 1.807) is 41.1 Å². The fourth-order valence-corrected chi connectivity index (χ4v) is 4.08. The number of rotatable bonds is 6. The Bertz CT molecular complexity index is 1660. The number of nitrogens with one attached hydrogen (secondary N) is 1. The lowest BCUT2D eigenvalue weighted by molar-refractivity contribution is -0.111. The monoisotopic (exact) mass is 495 g/mol. The van der Waals surface area contributed by atoms with Crippen molar-refractivity contribution in [3.63, 3.8) is 0 Å². The van der Waals surface area contributed by atoms with Crippen molar-refractivity contribution < 1.29 is 13.9 Å². The van der Waals surface area contributed by atoms with Gasteiger partial charge >= 0.3 is 6.01 Å². The Balaban J connectivity index is 1.63. The number of halogens is 1. The Morgan fingerprint density at radius 3 is 2.59 bits per heavy atom. The summed E-state index contributed by atoms with van der Waals surface area (Å²) in [6.07, 6.45) is 4.14. The minimum atomic E-state index is -0.554. The highest BCUT2D eigenvalue weighted by atomic mass is 19.1. The maximum atomic E-state index is 15.6. The van der Waals surface area contributed by atoms with Gasteiger partial charge in [0, 0.05) is 29.2 Å². The largest absolute Gasteiger partial charge is 0.424 e. The molecule has 0 unspecified atom stereocenters. The summed E-state index contributed by atoms with van der Waals surface area (Å²) >= 11 is 0. The van der Waals surface area contributed by atoms with E-state index in [4.69, 9.17) is 10.5 Å². The number of nitrogens with zero attached hydrogens (tertiary/aromatic N) is 5. The van der Waals surface area contributed by atoms with Gasteiger partial charge in [0.25, 0.3) is 0 Å². The minimum Gasteiger partial charge on any atom is -0.424 e. The number of ether oxygens (including phenoxy) is 1. The molecule has 184 valence electrons. The molecule has 3 N–H and O–H groups in total. The first-order chi connectivity index (χ1) is 17.9. The number of carbonyl (C=O) groups is 1. The van der Waals surface area contributed by atoms with Gasteiger partial charge in [-0.25, -0.2) is 24.3 Å². The van der Waals surface area contributed by atoms with Crippen LogP contribution >= 0.6 is 0 Å². The molecule has 3 aromatic heterocycles. The number of benzene rings is 2. The first-order valence-electron chi connectivity index (χ1n) is 11.3. The second-order valence-electron chi connectivity index (χ2n) is 8.23. The fourth-order valence-electron chi connectivity index (χ4n) is 4.08. The summed E-state index contributed by atoms with van der Waals surface area (Å²) in [5.41, 5.74) is 11.1. The molecule has 0 aliphatic rings. The van der Waals surface area contributed by atoms with Crippen molar-refractivity contribution in [1.82, 2.24) is 24.5 Å². The highest BCUT2D eigenvalue weighted by molar-refractivity contribution is 5.99. The summed E-state index contributed by atoms with van der Waals surface area (Å²) in [7, 11) is 0. The van der Waals surface area contributed by atoms with Crippen LogP contribution in [-0.2, 0) is 4.79 Å². The number of carbonyl (C=O) groups excluding carboxylic acids is 1. The van der Waals surface area contributed by atoms with Crippen LogP contribution in [0.4, 0.5) is 15.9 Å². The van der Waals surface area contributed by atoms with Gasteiger partial charge in [-0.2, -0.15) is 0 Å². The van der Waals surface area contributed by atoms with Crippen LogP contribution in [-0.4, -0.2) is 30.4 Å². The molecule has 0 bridgehead atoms. The Kier molecular flexibility index (Phi) is 6.06. The van der Waals surface area contributed by atoms with Gasteiger partial charge in [-0.05, 0) is 55.8 Å². The molecule has 9 nitrogen and oxygen atoms in total. The molecule has 10 heteroatoms. The van der Waals surface area contributed by atoms with E-state index in [0.717, 1.165) is 16.8 Å². The molecule has 0 radical (unpaired) electrons. The van der Waals surface area contributed by atoms with Crippen LogP contribution in [0.15, 0.2) is 73.7 Å². The molecule has 5 rings (SSSR count). The normalized spacial score (nSPS) is 10.9. The van der Waals surface area contributed by atoms with Gasteiger partial charge in [0.1, 0.15) is 17.6 Å². The Morgan fingerprint density at radius 2 is 1.89 bits per heavy atom. The predicted octanol–water partition coefficient (Wildman–Crippen LogP) is 5.13. The summed E-state index contributed by atoms with van der Waals surface area (Å²) in [5.74, 6) is -0.418. The van der Waals surface area contributed by atoms with Gasteiger partial charge in [-0.1, -0.05) is 18.7 Å². The van der Waals surface area contributed by atoms with Crippen molar-refractivity contribution in [2.24, 2.45) is 0 Å². The molecule has 0 spiro atoms. The van der Waals surface area contributed by atoms with Crippen molar-refractivity contribution in [2.45, 2.75) is 13.8 Å². The van der Waals surface area contributed by atoms with Crippen molar-refractivity contribution in [1.29, 1.82) is 0 Å². The second kappa shape index (κ2) is 9.50. The van der Waals surface area contributed by atoms with Gasteiger partial charge in [0.2, 0.25) is 5.91 Å². The lowest BCUT2D eigenvalue weighted by atomic mass is 10.1. The van der Waals surface area contributed by atoms with Gasteiger partial charge < -0.3 is 20.4 Å². The van der Waals surface area contributed by atoms with Crippen LogP contribution < -0.4 is 15.8 Å². The molecule has 2 aromatic carbocycles. The predicted molar refractivity (Wildman–Crippen MR) is 139 cm³/mol. The molecule has 3 heterocycles. The number of amides is 1. The van der Waals surface area contributed by atoms with Crippen LogP contribution in [0.25, 0.3) is 28.0 Å². The summed E-state index contributed by atoms with van der Waals surface area (Å²) in [4.78, 5) is 28.5. The number of hydrogen-bond donors (Lipinski definition) is 2. The summed E-state index contributed by atoms with van der Waals surface area (Å²) in [6, 6.07) is 13.5. The molecule has 0 fully saturated rings. The maximum Gasteiger partial charge on any atom is 0.322 e. The van der Waals surface area contributed by atoms with Crippen molar-refractivity contribution in [3.8, 4) is 28.7 Å². The summed E-state index contributed by atoms with van der Waals surface area (Å²) < 4.78 is 23.0. The molecular formula is C27H22FN7O2. The number of aromatic nitrogens is 5. The molecule has 5 aromatic rings. The zero-order valence-corrected chi connectivity index (χ0v) is 20.1. The highest BCUT2D eigenvalue weighted by Crippen LogP contribution is 2.38. The number of anilines is 2. The number of nitrogens with two attached hydrogens (primary N) is 1. The van der Waals surface area contributed by atoms with Crippen LogP contribution in [0.5, 0.6) is 11.8 Å². The molecular weight excluding hydrogens is 473 g/mol. The average molecular weight is 496 g/mol. The van der Waals surface area contributed by atoms with Gasteiger partial charge in [0.15, 0.2) is 11.6 Å². The summed E-state index contributed by atoms with van der Waals surface area (Å²) in [6.45, 7) is 7.16. The van der Waals surface area contributed by atoms with Crippen LogP contribution in [0.1, 0.15) is 11.3 Å². The van der Waals surface area contributed by atoms with E-state index in [1.165, 1.54) is 18.5 Å². The van der Waals surface area contributed by atoms with E-state index in [9.17, 15) is 4.79 Å². The first kappa shape index (κ1) is 23.6. The highest BCUT2D eigenvalue weighted by Gasteiger charge is 2.23. The van der Waals surface area contributed by atoms with E-state index in [2.05, 4.69) is 31.8 Å². The fraction of sp³-hybridized carbons (Fsp3) is 0.0741. The first-order valence-corrected chi connectivity index (χ1v) is 11.3. The summed E-state index contributed by atoms with van der Waals surface area (Å²) in [5, 5.41) is 2.72. The third kappa shape index (κ3) is 4.47. The zero-order valence-electron chi connectivity index (χ0n) is 20.1. The number of fused-ring (bicyclic) bond motifs is 1. The molecule has 0 saturated heterocycles. The number of hydrogen-bond acceptors (Lipinski definition) is 7. The molecule has 0 saturated carbocycles. The zero-order chi connectivity index (χ0) is 26.1. The average Bonchev–Trinajstić information content (AvgIpc) is 3.18. The van der Waals surface area contributed by atoms with Gasteiger partial charge in [-0.15, -0.1) is 0 Å². The smallest absolute Gasteiger partial charge is 0.322 e. The molecule has 37 heavy (non-hydrogen) atoms. The lowest BCUT2D eigenvalue weighted by Crippen LogP contribution is -2.07. The Morgan fingerprint density at radius 1 is 1.11 bits per heavy atom. The minimum absolute atomic E-state index is 0.122. The van der Waals surface area contributed by atoms with Crippen LogP contribution in [0, 0.1) is 19.7 Å². The standard InChI is InChI=1S/C27H22FN7O2/c1-4-22(36)34-18-7-5-17(6-8-18)24-16(3)23-25(26(29)32-14-31-23)35(24)21-10-9-19(13-20(21)28)37-27-30-12-11-15(2)33-27/h4-14H,1H2,2-3H3,(H,34,36)(H2,29,31,32). The Hall–Kier alpha value is -5.12. The molecule has 0 atom stereocenters. The molecule has 1 amide bonds. The van der Waals surface area contributed by atoms with Crippen molar-refractivity contribution >= 4 is 28.4 Å². The molecule has 0 aliphatic carbocycles. The third-order valence-electron chi connectivity index (χ3n) is 5.76. The number of nitrogen functional groups attached to an aromatic ring is 1. The van der Waals surface area contributed by atoms with Crippen molar-refractivity contribution in [3.05, 3.63) is 90.8 Å². The van der Waals surface area contributed by atoms with Crippen LogP contribution in [0.3, 0.4) is 0 Å². The van der Waals surface area contributed by atoms with E-state index >= 15 is 4.39 Å². The third-order valence-corrected chi connectivity index (χ3v) is 5.76. The number of aryl methyl sites for hydroxylation is 2. The Labute approximate surface area is 211 Å². The van der Waals surface area contributed by atoms with Gasteiger partial charge in [-0.3, -0.25) is 4.79 Å². The van der Waals surface area contributed by atoms with Crippen LogP contribution in [0.2, 0.25) is 0 Å². The SMILES string of the molecule is C=CC(=O)Nc1ccc(-c2c(C)c3ncnc(N)c3n2-c2ccc(Oc3nccc(C)n3)cc2F)cc1. The van der Waals surface area contributed by atoms with E-state index in [-0.39, 0.29) is 29.2 Å². The maximum absolute atomic E-state index is 15.6. The van der Waals surface area contributed by atoms with E-state index in [1.807, 2.05) is 26.0 Å². The van der Waals surface area contributed by atoms with E-state index in [0.29, 0.717) is 22.4 Å². The van der Waals surface area contributed by atoms with E-state index < -0.39 is 5.82 Å². The lowest BCUT2D eigenvalue weighted by Gasteiger charge is -2.15. The van der Waals surface area contributed by atoms with Crippen molar-refractivity contribution in [2.75, 3.05) is 11.1 Å².